The summed E-state index contributed by atoms with van der Waals surface area (Å²) < 4.78 is 31.8. The molecule has 0 saturated heterocycles. The standard InChI is InChI=1S/C30H58NO10P.2Na/c1-3-5-7-9-11-13-15-17-19-21-28(32)38-23-26(24-39-42(36,37)40-25-27(31)30(34)35)41-29(33)22-20-18-16-14-12-10-8-6-4-2;;/h26-27H,3-25,31H2,1-2H3,(H,34,35)(H,36,37);;/q;2*+1/p-2. The molecule has 0 rings (SSSR count). The molecule has 3 unspecified atom stereocenters. The number of esters is 2. The van der Waals surface area contributed by atoms with E-state index in [9.17, 15) is 28.9 Å². The Morgan fingerprint density at radius 3 is 1.45 bits per heavy atom. The van der Waals surface area contributed by atoms with Crippen LogP contribution < -0.4 is 74.8 Å². The van der Waals surface area contributed by atoms with Gasteiger partial charge in [0.2, 0.25) is 0 Å². The fourth-order valence-corrected chi connectivity index (χ4v) is 5.00. The largest absolute Gasteiger partial charge is 1.00 e. The van der Waals surface area contributed by atoms with Crippen molar-refractivity contribution >= 4 is 25.7 Å². The molecule has 0 fully saturated rings. The van der Waals surface area contributed by atoms with E-state index in [1.54, 1.807) is 0 Å². The molecule has 0 aromatic rings. The van der Waals surface area contributed by atoms with Crippen molar-refractivity contribution in [1.82, 2.24) is 0 Å². The van der Waals surface area contributed by atoms with E-state index in [2.05, 4.69) is 18.4 Å². The van der Waals surface area contributed by atoms with Crippen molar-refractivity contribution < 1.29 is 107 Å². The molecule has 0 saturated carbocycles. The fourth-order valence-electron chi connectivity index (χ4n) is 4.23. The number of carboxylic acids is 1. The fraction of sp³-hybridized carbons (Fsp3) is 0.900. The maximum atomic E-state index is 12.4. The zero-order valence-electron chi connectivity index (χ0n) is 28.0. The zero-order valence-corrected chi connectivity index (χ0v) is 32.9. The van der Waals surface area contributed by atoms with Crippen molar-refractivity contribution in [3.8, 4) is 0 Å². The number of carbonyl (C=O) groups is 3. The molecule has 11 nitrogen and oxygen atoms in total. The van der Waals surface area contributed by atoms with Gasteiger partial charge >= 0.3 is 71.1 Å². The van der Waals surface area contributed by atoms with Gasteiger partial charge in [-0.25, -0.2) is 0 Å². The summed E-state index contributed by atoms with van der Waals surface area (Å²) in [5.74, 6) is -2.71. The maximum Gasteiger partial charge on any atom is 1.00 e. The molecule has 0 aromatic heterocycles. The van der Waals surface area contributed by atoms with Crippen LogP contribution in [0.25, 0.3) is 0 Å². The Morgan fingerprint density at radius 1 is 0.636 bits per heavy atom. The van der Waals surface area contributed by atoms with Gasteiger partial charge in [-0.2, -0.15) is 0 Å². The monoisotopic (exact) mass is 667 g/mol. The summed E-state index contributed by atoms with van der Waals surface area (Å²) >= 11 is 0. The molecular weight excluding hydrogens is 611 g/mol. The Hall–Kier alpha value is 0.480. The minimum Gasteiger partial charge on any atom is -0.756 e. The number of hydrogen-bond donors (Lipinski definition) is 1. The molecule has 0 aliphatic carbocycles. The van der Waals surface area contributed by atoms with Crippen LogP contribution in [0.3, 0.4) is 0 Å². The molecule has 0 amide bonds. The predicted octanol–water partition coefficient (Wildman–Crippen LogP) is -1.13. The van der Waals surface area contributed by atoms with E-state index in [0.29, 0.717) is 12.8 Å². The SMILES string of the molecule is CCCCCCCCCCCC(=O)OCC(COP(=O)([O-])OCC(N)C(=O)[O-])OC(=O)CCCCCCCCCCC.[Na+].[Na+]. The Bertz CT molecular complexity index is 763. The first-order chi connectivity index (χ1) is 20.1. The Labute approximate surface area is 310 Å². The number of carbonyl (C=O) groups excluding carboxylic acids is 3. The molecule has 0 aliphatic rings. The maximum absolute atomic E-state index is 12.4. The van der Waals surface area contributed by atoms with Crippen molar-refractivity contribution in [2.45, 2.75) is 154 Å². The number of carboxylic acid groups (broad SMARTS) is 1. The number of unbranched alkanes of at least 4 members (excludes halogenated alkanes) is 16. The number of hydrogen-bond acceptors (Lipinski definition) is 11. The molecule has 0 aliphatic heterocycles. The van der Waals surface area contributed by atoms with Gasteiger partial charge < -0.3 is 39.0 Å². The number of phosphoric ester groups is 1. The van der Waals surface area contributed by atoms with Crippen LogP contribution in [-0.4, -0.2) is 49.9 Å². The van der Waals surface area contributed by atoms with E-state index in [1.807, 2.05) is 0 Å². The van der Waals surface area contributed by atoms with Crippen molar-refractivity contribution in [3.63, 3.8) is 0 Å². The van der Waals surface area contributed by atoms with Gasteiger partial charge in [0.25, 0.3) is 7.82 Å². The number of rotatable bonds is 30. The molecule has 44 heavy (non-hydrogen) atoms. The van der Waals surface area contributed by atoms with E-state index >= 15 is 0 Å². The summed E-state index contributed by atoms with van der Waals surface area (Å²) in [7, 11) is -4.97. The Kier molecular flexibility index (Phi) is 37.1. The molecular formula is C30H56NNa2O10P. The summed E-state index contributed by atoms with van der Waals surface area (Å²) in [5, 5.41) is 10.7. The second-order valence-corrected chi connectivity index (χ2v) is 12.3. The Balaban J connectivity index is -0.00000840. The number of phosphoric acid groups is 1. The van der Waals surface area contributed by atoms with E-state index in [4.69, 9.17) is 19.7 Å². The second-order valence-electron chi connectivity index (χ2n) is 10.9. The first kappa shape index (κ1) is 48.9. The minimum absolute atomic E-state index is 0. The van der Waals surface area contributed by atoms with E-state index in [0.717, 1.165) is 38.5 Å². The minimum atomic E-state index is -4.97. The number of nitrogens with two attached hydrogens (primary N) is 1. The third-order valence-electron chi connectivity index (χ3n) is 6.83. The van der Waals surface area contributed by atoms with Crippen LogP contribution in [0.4, 0.5) is 0 Å². The van der Waals surface area contributed by atoms with Crippen LogP contribution in [0.15, 0.2) is 0 Å². The van der Waals surface area contributed by atoms with Crippen LogP contribution >= 0.6 is 7.82 Å². The number of aliphatic carboxylic acids is 1. The molecule has 0 bridgehead atoms. The van der Waals surface area contributed by atoms with Crippen LogP contribution in [0, 0.1) is 0 Å². The quantitative estimate of drug-likeness (QED) is 0.0424. The summed E-state index contributed by atoms with van der Waals surface area (Å²) in [4.78, 5) is 47.3. The molecule has 0 heterocycles. The van der Waals surface area contributed by atoms with Gasteiger partial charge in [0, 0.05) is 12.8 Å². The van der Waals surface area contributed by atoms with Gasteiger partial charge in [-0.15, -0.1) is 0 Å². The van der Waals surface area contributed by atoms with Crippen molar-refractivity contribution in [2.75, 3.05) is 19.8 Å². The second kappa shape index (κ2) is 33.4. The van der Waals surface area contributed by atoms with Gasteiger partial charge in [0.15, 0.2) is 6.10 Å². The van der Waals surface area contributed by atoms with Gasteiger partial charge in [-0.3, -0.25) is 14.2 Å². The summed E-state index contributed by atoms with van der Waals surface area (Å²) in [5.41, 5.74) is 5.19. The first-order valence-electron chi connectivity index (χ1n) is 16.0. The molecule has 14 heteroatoms. The molecule has 0 radical (unpaired) electrons. The average Bonchev–Trinajstić information content (AvgIpc) is 2.95. The van der Waals surface area contributed by atoms with Crippen LogP contribution in [0.1, 0.15) is 142 Å². The van der Waals surface area contributed by atoms with Gasteiger partial charge in [-0.05, 0) is 12.8 Å². The van der Waals surface area contributed by atoms with E-state index < -0.39 is 51.1 Å². The van der Waals surface area contributed by atoms with E-state index in [-0.39, 0.29) is 78.6 Å². The Morgan fingerprint density at radius 2 is 1.02 bits per heavy atom. The van der Waals surface area contributed by atoms with Crippen LogP contribution in [0.2, 0.25) is 0 Å². The number of ether oxygens (including phenoxy) is 2. The van der Waals surface area contributed by atoms with Crippen LogP contribution in [-0.2, 0) is 37.5 Å². The predicted molar refractivity (Wildman–Crippen MR) is 157 cm³/mol. The molecule has 248 valence electrons. The summed E-state index contributed by atoms with van der Waals surface area (Å²) in [6.07, 6.45) is 18.9. The van der Waals surface area contributed by atoms with E-state index in [1.165, 1.54) is 64.2 Å². The zero-order chi connectivity index (χ0) is 31.5. The van der Waals surface area contributed by atoms with Gasteiger partial charge in [0.1, 0.15) is 6.61 Å². The van der Waals surface area contributed by atoms with Gasteiger partial charge in [-0.1, -0.05) is 117 Å². The van der Waals surface area contributed by atoms with Crippen molar-refractivity contribution in [1.29, 1.82) is 0 Å². The summed E-state index contributed by atoms with van der Waals surface area (Å²) in [6, 6.07) is -1.66. The summed E-state index contributed by atoms with van der Waals surface area (Å²) in [6.45, 7) is 2.46. The average molecular weight is 668 g/mol. The van der Waals surface area contributed by atoms with Gasteiger partial charge in [0.05, 0.1) is 25.2 Å². The topological polar surface area (TPSA) is 177 Å². The smallest absolute Gasteiger partial charge is 0.756 e. The third kappa shape index (κ3) is 32.4. The van der Waals surface area contributed by atoms with Crippen LogP contribution in [0.5, 0.6) is 0 Å². The van der Waals surface area contributed by atoms with Crippen molar-refractivity contribution in [2.24, 2.45) is 5.73 Å². The molecule has 2 N–H and O–H groups in total. The van der Waals surface area contributed by atoms with Crippen molar-refractivity contribution in [3.05, 3.63) is 0 Å². The normalized spacial score (nSPS) is 13.5. The molecule has 0 spiro atoms. The molecule has 0 aromatic carbocycles. The third-order valence-corrected chi connectivity index (χ3v) is 7.76. The first-order valence-corrected chi connectivity index (χ1v) is 17.5. The molecule has 3 atom stereocenters.